The van der Waals surface area contributed by atoms with Crippen LogP contribution in [0.15, 0.2) is 71.2 Å². The van der Waals surface area contributed by atoms with E-state index in [1.165, 1.54) is 0 Å². The van der Waals surface area contributed by atoms with Crippen molar-refractivity contribution in [1.29, 1.82) is 0 Å². The van der Waals surface area contributed by atoms with Crippen LogP contribution in [0.3, 0.4) is 0 Å². The van der Waals surface area contributed by atoms with Crippen LogP contribution >= 0.6 is 0 Å². The first-order valence-electron chi connectivity index (χ1n) is 7.57. The van der Waals surface area contributed by atoms with E-state index in [2.05, 4.69) is 21.2 Å². The smallest absolute Gasteiger partial charge is 0.306 e. The largest absolute Gasteiger partial charge is 0.344 e. The van der Waals surface area contributed by atoms with Crippen molar-refractivity contribution in [2.24, 2.45) is 10.6 Å². The van der Waals surface area contributed by atoms with Crippen molar-refractivity contribution in [2.75, 3.05) is 23.7 Å². The van der Waals surface area contributed by atoms with Crippen molar-refractivity contribution in [2.45, 2.75) is 0 Å². The average Bonchev–Trinajstić information content (AvgIpc) is 2.66. The minimum Gasteiger partial charge on any atom is -0.306 e. The summed E-state index contributed by atoms with van der Waals surface area (Å²) in [5.41, 5.74) is 0.941. The number of para-hydroxylation sites is 2. The quantitative estimate of drug-likeness (QED) is 0.582. The minimum atomic E-state index is -0.791. The van der Waals surface area contributed by atoms with Crippen molar-refractivity contribution >= 4 is 23.4 Å². The van der Waals surface area contributed by atoms with Crippen LogP contribution in [0.4, 0.5) is 21.0 Å². The van der Waals surface area contributed by atoms with Crippen molar-refractivity contribution in [3.63, 3.8) is 0 Å². The summed E-state index contributed by atoms with van der Waals surface area (Å²) in [5.74, 6) is 0. The van der Waals surface area contributed by atoms with Gasteiger partial charge in [-0.05, 0) is 24.3 Å². The van der Waals surface area contributed by atoms with Gasteiger partial charge in [0.1, 0.15) is 0 Å². The number of carbonyl (C=O) groups excluding carboxylic acids is 2. The number of urea groups is 2. The number of hydrogen-bond acceptors (Lipinski definition) is 6. The molecule has 0 atom stereocenters. The monoisotopic (exact) mass is 356 g/mol. The molecule has 0 saturated heterocycles. The van der Waals surface area contributed by atoms with E-state index in [1.54, 1.807) is 60.7 Å². The molecule has 0 bridgehead atoms. The molecule has 0 heterocycles. The first-order valence-corrected chi connectivity index (χ1v) is 7.57. The number of benzene rings is 2. The van der Waals surface area contributed by atoms with Gasteiger partial charge in [-0.25, -0.2) is 9.59 Å². The molecule has 10 heteroatoms. The van der Waals surface area contributed by atoms with E-state index < -0.39 is 12.1 Å². The predicted octanol–water partition coefficient (Wildman–Crippen LogP) is 3.42. The second-order valence-corrected chi connectivity index (χ2v) is 5.00. The summed E-state index contributed by atoms with van der Waals surface area (Å²) in [6.45, 7) is -0.619. The number of carbonyl (C=O) groups is 2. The highest BCUT2D eigenvalue weighted by Crippen LogP contribution is 2.09. The van der Waals surface area contributed by atoms with E-state index in [1.807, 2.05) is 0 Å². The molecular formula is C16H16N6O4. The lowest BCUT2D eigenvalue weighted by atomic mass is 10.3. The van der Waals surface area contributed by atoms with E-state index >= 15 is 0 Å². The third-order valence-corrected chi connectivity index (χ3v) is 3.24. The Bertz CT molecular complexity index is 690. The molecule has 0 radical (unpaired) electrons. The number of amides is 4. The van der Waals surface area contributed by atoms with Gasteiger partial charge in [0, 0.05) is 11.4 Å². The van der Waals surface area contributed by atoms with Gasteiger partial charge < -0.3 is 10.6 Å². The molecule has 0 aliphatic heterocycles. The fraction of sp³-hybridized carbons (Fsp3) is 0.125. The van der Waals surface area contributed by atoms with E-state index in [0.29, 0.717) is 21.4 Å². The van der Waals surface area contributed by atoms with E-state index in [-0.39, 0.29) is 13.1 Å². The zero-order chi connectivity index (χ0) is 18.8. The van der Waals surface area contributed by atoms with Crippen LogP contribution in [-0.2, 0) is 0 Å². The van der Waals surface area contributed by atoms with Gasteiger partial charge in [-0.2, -0.15) is 10.0 Å². The summed E-state index contributed by atoms with van der Waals surface area (Å²) >= 11 is 0. The van der Waals surface area contributed by atoms with Gasteiger partial charge >= 0.3 is 12.1 Å². The number of hydrogen-bond donors (Lipinski definition) is 2. The molecule has 2 aromatic carbocycles. The summed E-state index contributed by atoms with van der Waals surface area (Å²) in [6, 6.07) is 15.3. The van der Waals surface area contributed by atoms with Gasteiger partial charge in [-0.3, -0.25) is 0 Å². The topological polar surface area (TPSA) is 124 Å². The molecular weight excluding hydrogens is 340 g/mol. The Hall–Kier alpha value is -3.82. The molecule has 0 aliphatic carbocycles. The summed E-state index contributed by atoms with van der Waals surface area (Å²) in [6.07, 6.45) is 0. The highest BCUT2D eigenvalue weighted by atomic mass is 16.3. The first-order chi connectivity index (χ1) is 12.6. The summed E-state index contributed by atoms with van der Waals surface area (Å²) in [4.78, 5) is 45.8. The Morgan fingerprint density at radius 1 is 0.692 bits per heavy atom. The third kappa shape index (κ3) is 5.37. The highest BCUT2D eigenvalue weighted by Gasteiger charge is 2.19. The van der Waals surface area contributed by atoms with Crippen LogP contribution in [0.2, 0.25) is 0 Å². The van der Waals surface area contributed by atoms with Gasteiger partial charge in [0.15, 0.2) is 0 Å². The normalized spacial score (nSPS) is 9.69. The minimum absolute atomic E-state index is 0.309. The number of nitrogens with one attached hydrogen (secondary N) is 2. The molecule has 0 unspecified atom stereocenters. The molecule has 0 aliphatic rings. The molecule has 0 spiro atoms. The second kappa shape index (κ2) is 9.47. The zero-order valence-corrected chi connectivity index (χ0v) is 13.6. The zero-order valence-electron chi connectivity index (χ0n) is 13.6. The third-order valence-electron chi connectivity index (χ3n) is 3.24. The highest BCUT2D eigenvalue weighted by molar-refractivity contribution is 5.90. The Balaban J connectivity index is 1.90. The van der Waals surface area contributed by atoms with Crippen LogP contribution in [0.5, 0.6) is 0 Å². The number of nitrogens with zero attached hydrogens (tertiary/aromatic N) is 4. The molecule has 0 aromatic heterocycles. The van der Waals surface area contributed by atoms with Crippen LogP contribution < -0.4 is 10.6 Å². The van der Waals surface area contributed by atoms with Crippen LogP contribution in [-0.4, -0.2) is 35.2 Å². The Labute approximate surface area is 148 Å². The maximum absolute atomic E-state index is 12.0. The fourth-order valence-electron chi connectivity index (χ4n) is 1.97. The number of nitroso groups, excluding NO2 is 2. The first kappa shape index (κ1) is 18.5. The molecule has 0 fully saturated rings. The van der Waals surface area contributed by atoms with E-state index in [0.717, 1.165) is 0 Å². The second-order valence-electron chi connectivity index (χ2n) is 5.00. The molecule has 2 rings (SSSR count). The van der Waals surface area contributed by atoms with Gasteiger partial charge in [0.2, 0.25) is 0 Å². The standard InChI is InChI=1S/C16H16N6O4/c23-15(17-13-7-3-1-4-8-13)21(19-25)11-12-22(20-26)16(24)18-14-9-5-2-6-10-14/h1-10H,11-12H2,(H,17,23)(H,18,24). The lowest BCUT2D eigenvalue weighted by Crippen LogP contribution is -2.39. The van der Waals surface area contributed by atoms with Crippen molar-refractivity contribution in [1.82, 2.24) is 10.0 Å². The SMILES string of the molecule is O=NN(CCN(N=O)C(=O)Nc1ccccc1)C(=O)Nc1ccccc1. The molecule has 134 valence electrons. The molecule has 0 saturated carbocycles. The molecule has 2 aromatic rings. The maximum atomic E-state index is 12.0. The molecule has 10 nitrogen and oxygen atoms in total. The molecule has 2 N–H and O–H groups in total. The summed E-state index contributed by atoms with van der Waals surface area (Å²) in [7, 11) is 0. The molecule has 4 amide bonds. The average molecular weight is 356 g/mol. The van der Waals surface area contributed by atoms with Crippen molar-refractivity contribution in [3.8, 4) is 0 Å². The fourth-order valence-corrected chi connectivity index (χ4v) is 1.97. The summed E-state index contributed by atoms with van der Waals surface area (Å²) < 4.78 is 0. The van der Waals surface area contributed by atoms with Crippen LogP contribution in [0.1, 0.15) is 0 Å². The Morgan fingerprint density at radius 2 is 1.04 bits per heavy atom. The Kier molecular flexibility index (Phi) is 6.74. The number of rotatable bonds is 7. The van der Waals surface area contributed by atoms with Gasteiger partial charge in [-0.15, -0.1) is 9.81 Å². The van der Waals surface area contributed by atoms with Gasteiger partial charge in [0.25, 0.3) is 0 Å². The van der Waals surface area contributed by atoms with E-state index in [9.17, 15) is 19.4 Å². The summed E-state index contributed by atoms with van der Waals surface area (Å²) in [5, 5.41) is 11.3. The lowest BCUT2D eigenvalue weighted by molar-refractivity contribution is 0.191. The van der Waals surface area contributed by atoms with E-state index in [4.69, 9.17) is 0 Å². The number of anilines is 2. The van der Waals surface area contributed by atoms with Crippen LogP contribution in [0, 0.1) is 9.81 Å². The predicted molar refractivity (Wildman–Crippen MR) is 95.9 cm³/mol. The lowest BCUT2D eigenvalue weighted by Gasteiger charge is -2.18. The maximum Gasteiger partial charge on any atom is 0.344 e. The van der Waals surface area contributed by atoms with Crippen LogP contribution in [0.25, 0.3) is 0 Å². The van der Waals surface area contributed by atoms with Gasteiger partial charge in [0.05, 0.1) is 23.7 Å². The van der Waals surface area contributed by atoms with Gasteiger partial charge in [-0.1, -0.05) is 36.4 Å². The van der Waals surface area contributed by atoms with Crippen molar-refractivity contribution in [3.05, 3.63) is 70.5 Å². The molecule has 26 heavy (non-hydrogen) atoms. The Morgan fingerprint density at radius 3 is 1.35 bits per heavy atom. The van der Waals surface area contributed by atoms with Crippen molar-refractivity contribution < 1.29 is 9.59 Å².